The van der Waals surface area contributed by atoms with Crippen LogP contribution in [-0.2, 0) is 4.79 Å². The first-order chi connectivity index (χ1) is 12.1. The average Bonchev–Trinajstić information content (AvgIpc) is 2.65. The van der Waals surface area contributed by atoms with E-state index in [1.54, 1.807) is 13.3 Å². The second kappa shape index (κ2) is 7.57. The highest BCUT2D eigenvalue weighted by molar-refractivity contribution is 8.00. The van der Waals surface area contributed by atoms with Gasteiger partial charge in [0.05, 0.1) is 12.6 Å². The summed E-state index contributed by atoms with van der Waals surface area (Å²) in [5.41, 5.74) is 2.86. The molecule has 1 unspecified atom stereocenters. The molecule has 0 fully saturated rings. The van der Waals surface area contributed by atoms with Crippen molar-refractivity contribution >= 4 is 28.6 Å². The van der Waals surface area contributed by atoms with Crippen LogP contribution >= 0.6 is 11.8 Å². The van der Waals surface area contributed by atoms with Gasteiger partial charge >= 0.3 is 5.97 Å². The number of para-hydroxylation sites is 1. The van der Waals surface area contributed by atoms with Gasteiger partial charge < -0.3 is 9.84 Å². The zero-order valence-electron chi connectivity index (χ0n) is 14.1. The van der Waals surface area contributed by atoms with Gasteiger partial charge in [-0.2, -0.15) is 0 Å². The maximum absolute atomic E-state index is 11.4. The van der Waals surface area contributed by atoms with E-state index >= 15 is 0 Å². The lowest BCUT2D eigenvalue weighted by atomic mass is 10.0. The van der Waals surface area contributed by atoms with Crippen molar-refractivity contribution in [2.24, 2.45) is 0 Å². The van der Waals surface area contributed by atoms with E-state index in [-0.39, 0.29) is 0 Å². The highest BCUT2D eigenvalue weighted by Crippen LogP contribution is 2.36. The summed E-state index contributed by atoms with van der Waals surface area (Å²) in [5.74, 6) is 0.00950. The van der Waals surface area contributed by atoms with Crippen molar-refractivity contribution in [2.75, 3.05) is 7.11 Å². The summed E-state index contributed by atoms with van der Waals surface area (Å²) in [6.07, 6.45) is 2.29. The number of carbonyl (C=O) groups is 1. The van der Waals surface area contributed by atoms with Gasteiger partial charge in [0.25, 0.3) is 0 Å². The molecule has 0 amide bonds. The number of benzene rings is 2. The van der Waals surface area contributed by atoms with Crippen molar-refractivity contribution < 1.29 is 14.6 Å². The van der Waals surface area contributed by atoms with Crippen LogP contribution in [0.15, 0.2) is 59.6 Å². The number of rotatable bonds is 6. The smallest absolute Gasteiger partial charge is 0.316 e. The molecule has 0 spiro atoms. The van der Waals surface area contributed by atoms with Crippen LogP contribution in [0.3, 0.4) is 0 Å². The van der Waals surface area contributed by atoms with E-state index in [2.05, 4.69) is 11.1 Å². The number of methoxy groups -OCH3 is 1. The molecule has 0 radical (unpaired) electrons. The Balaban J connectivity index is 2.10. The molecule has 1 aromatic heterocycles. The molecule has 0 saturated carbocycles. The summed E-state index contributed by atoms with van der Waals surface area (Å²) in [7, 11) is 1.65. The zero-order chi connectivity index (χ0) is 17.8. The van der Waals surface area contributed by atoms with Crippen molar-refractivity contribution in [3.8, 4) is 16.9 Å². The molecule has 0 aliphatic rings. The molecule has 25 heavy (non-hydrogen) atoms. The van der Waals surface area contributed by atoms with Gasteiger partial charge in [-0.25, -0.2) is 0 Å². The average molecular weight is 353 g/mol. The maximum Gasteiger partial charge on any atom is 0.316 e. The Hall–Kier alpha value is -2.53. The fourth-order valence-corrected chi connectivity index (χ4v) is 3.74. The van der Waals surface area contributed by atoms with E-state index in [9.17, 15) is 9.90 Å². The number of nitrogens with zero attached hydrogens (tertiary/aromatic N) is 1. The third kappa shape index (κ3) is 3.61. The second-order valence-corrected chi connectivity index (χ2v) is 6.84. The van der Waals surface area contributed by atoms with Gasteiger partial charge in [0.15, 0.2) is 0 Å². The summed E-state index contributed by atoms with van der Waals surface area (Å²) in [4.78, 5) is 16.7. The zero-order valence-corrected chi connectivity index (χ0v) is 14.9. The number of hydrogen-bond donors (Lipinski definition) is 1. The Morgan fingerprint density at radius 3 is 2.76 bits per heavy atom. The van der Waals surface area contributed by atoms with Gasteiger partial charge in [-0.15, -0.1) is 11.8 Å². The van der Waals surface area contributed by atoms with E-state index in [1.807, 2.05) is 49.4 Å². The topological polar surface area (TPSA) is 59.4 Å². The number of aliphatic carboxylic acids is 1. The lowest BCUT2D eigenvalue weighted by Gasteiger charge is -2.13. The highest BCUT2D eigenvalue weighted by Gasteiger charge is 2.18. The van der Waals surface area contributed by atoms with Crippen molar-refractivity contribution in [1.82, 2.24) is 4.98 Å². The van der Waals surface area contributed by atoms with Crippen LogP contribution in [0.25, 0.3) is 22.0 Å². The molecule has 1 N–H and O–H groups in total. The van der Waals surface area contributed by atoms with Gasteiger partial charge in [-0.3, -0.25) is 9.78 Å². The Labute approximate surface area is 150 Å². The number of aromatic nitrogens is 1. The third-order valence-electron chi connectivity index (χ3n) is 4.03. The molecular formula is C20H19NO3S. The molecular weight excluding hydrogens is 334 g/mol. The van der Waals surface area contributed by atoms with E-state index in [0.29, 0.717) is 6.42 Å². The fraction of sp³-hybridized carbons (Fsp3) is 0.200. The molecule has 1 atom stereocenters. The monoisotopic (exact) mass is 353 g/mol. The van der Waals surface area contributed by atoms with E-state index in [0.717, 1.165) is 32.7 Å². The van der Waals surface area contributed by atoms with Crippen LogP contribution in [0, 0.1) is 0 Å². The normalized spacial score (nSPS) is 12.1. The van der Waals surface area contributed by atoms with Gasteiger partial charge in [-0.05, 0) is 36.2 Å². The number of hydrogen-bond acceptors (Lipinski definition) is 4. The molecule has 0 aliphatic carbocycles. The molecule has 3 rings (SSSR count). The minimum atomic E-state index is -0.793. The molecule has 2 aromatic carbocycles. The number of ether oxygens (including phenoxy) is 1. The van der Waals surface area contributed by atoms with Crippen molar-refractivity contribution in [3.05, 3.63) is 54.7 Å². The summed E-state index contributed by atoms with van der Waals surface area (Å²) in [5, 5.41) is 9.84. The van der Waals surface area contributed by atoms with Gasteiger partial charge in [0.2, 0.25) is 0 Å². The highest BCUT2D eigenvalue weighted by atomic mass is 32.2. The molecule has 3 aromatic rings. The minimum Gasteiger partial charge on any atom is -0.496 e. The van der Waals surface area contributed by atoms with Crippen LogP contribution in [0.1, 0.15) is 13.3 Å². The van der Waals surface area contributed by atoms with Crippen LogP contribution < -0.4 is 4.74 Å². The summed E-state index contributed by atoms with van der Waals surface area (Å²) >= 11 is 1.37. The van der Waals surface area contributed by atoms with Crippen LogP contribution in [0.5, 0.6) is 5.75 Å². The fourth-order valence-electron chi connectivity index (χ4n) is 2.74. The molecule has 0 aliphatic heterocycles. The summed E-state index contributed by atoms with van der Waals surface area (Å²) in [6.45, 7) is 1.88. The van der Waals surface area contributed by atoms with Crippen LogP contribution in [0.2, 0.25) is 0 Å². The second-order valence-electron chi connectivity index (χ2n) is 5.59. The van der Waals surface area contributed by atoms with Gasteiger partial charge in [-0.1, -0.05) is 31.2 Å². The van der Waals surface area contributed by atoms with Crippen molar-refractivity contribution in [2.45, 2.75) is 23.5 Å². The molecule has 4 nitrogen and oxygen atoms in total. The lowest BCUT2D eigenvalue weighted by Crippen LogP contribution is -2.14. The van der Waals surface area contributed by atoms with Gasteiger partial charge in [0.1, 0.15) is 11.0 Å². The Morgan fingerprint density at radius 2 is 2.04 bits per heavy atom. The predicted molar refractivity (Wildman–Crippen MR) is 101 cm³/mol. The first-order valence-electron chi connectivity index (χ1n) is 8.05. The Kier molecular flexibility index (Phi) is 5.24. The van der Waals surface area contributed by atoms with E-state index in [1.165, 1.54) is 11.8 Å². The predicted octanol–water partition coefficient (Wildman–Crippen LogP) is 4.87. The summed E-state index contributed by atoms with van der Waals surface area (Å²) in [6, 6.07) is 15.7. The number of fused-ring (bicyclic) bond motifs is 1. The molecule has 1 heterocycles. The van der Waals surface area contributed by atoms with Crippen molar-refractivity contribution in [3.63, 3.8) is 0 Å². The van der Waals surface area contributed by atoms with Crippen molar-refractivity contribution in [1.29, 1.82) is 0 Å². The summed E-state index contributed by atoms with van der Waals surface area (Å²) < 4.78 is 5.46. The minimum absolute atomic E-state index is 0.472. The van der Waals surface area contributed by atoms with Gasteiger partial charge in [0, 0.05) is 22.0 Å². The number of carboxylic acids is 1. The number of pyridine rings is 1. The lowest BCUT2D eigenvalue weighted by molar-refractivity contribution is -0.136. The largest absolute Gasteiger partial charge is 0.496 e. The molecule has 0 saturated heterocycles. The van der Waals surface area contributed by atoms with Crippen LogP contribution in [0.4, 0.5) is 0 Å². The van der Waals surface area contributed by atoms with Crippen LogP contribution in [-0.4, -0.2) is 28.4 Å². The van der Waals surface area contributed by atoms with E-state index < -0.39 is 11.2 Å². The SMILES string of the molecule is CCC(Sc1ccnc2ccc(-c3ccccc3OC)cc12)C(=O)O. The maximum atomic E-state index is 11.4. The quantitative estimate of drug-likeness (QED) is 0.641. The van der Waals surface area contributed by atoms with E-state index in [4.69, 9.17) is 4.74 Å². The Bertz CT molecular complexity index is 910. The first kappa shape index (κ1) is 17.3. The standard InChI is InChI=1S/C20H19NO3S/c1-3-18(20(22)23)25-19-10-11-21-16-9-8-13(12-15(16)19)14-6-4-5-7-17(14)24-2/h4-12,18H,3H2,1-2H3,(H,22,23). The number of carboxylic acid groups (broad SMARTS) is 1. The molecule has 0 bridgehead atoms. The number of thioether (sulfide) groups is 1. The molecule has 5 heteroatoms. The Morgan fingerprint density at radius 1 is 1.24 bits per heavy atom. The first-order valence-corrected chi connectivity index (χ1v) is 8.93. The molecule has 128 valence electrons. The third-order valence-corrected chi connectivity index (χ3v) is 5.46.